The number of nitrogens with two attached hydrogens (primary N) is 1. The predicted octanol–water partition coefficient (Wildman–Crippen LogP) is 3.23. The molecule has 0 spiro atoms. The molecule has 0 saturated heterocycles. The fourth-order valence-electron chi connectivity index (χ4n) is 1.68. The highest BCUT2D eigenvalue weighted by Crippen LogP contribution is 2.26. The lowest BCUT2D eigenvalue weighted by molar-refractivity contribution is 0.265. The second-order valence-electron chi connectivity index (χ2n) is 4.78. The van der Waals surface area contributed by atoms with Crippen LogP contribution in [0.1, 0.15) is 33.6 Å². The third-order valence-corrected chi connectivity index (χ3v) is 2.94. The van der Waals surface area contributed by atoms with Crippen molar-refractivity contribution >= 4 is 0 Å². The fourth-order valence-corrected chi connectivity index (χ4v) is 1.68. The molecule has 0 aliphatic rings. The van der Waals surface area contributed by atoms with Gasteiger partial charge in [-0.15, -0.1) is 0 Å². The van der Waals surface area contributed by atoms with E-state index in [-0.39, 0.29) is 6.04 Å². The molecule has 1 aromatic carbocycles. The van der Waals surface area contributed by atoms with Crippen LogP contribution in [-0.2, 0) is 0 Å². The third-order valence-electron chi connectivity index (χ3n) is 2.94. The highest BCUT2D eigenvalue weighted by Gasteiger charge is 2.07. The molecule has 0 amide bonds. The Balaban J connectivity index is 2.35. The van der Waals surface area contributed by atoms with Crippen LogP contribution in [0.25, 0.3) is 0 Å². The average molecular weight is 251 g/mol. The first-order valence-corrected chi connectivity index (χ1v) is 6.75. The van der Waals surface area contributed by atoms with E-state index in [0.717, 1.165) is 24.3 Å². The molecule has 1 aromatic rings. The van der Waals surface area contributed by atoms with Crippen molar-refractivity contribution in [2.75, 3.05) is 13.2 Å². The maximum absolute atomic E-state index is 5.99. The number of para-hydroxylation sites is 2. The minimum absolute atomic E-state index is 0.260. The number of benzene rings is 1. The van der Waals surface area contributed by atoms with Crippen LogP contribution < -0.4 is 15.2 Å². The molecule has 0 bridgehead atoms. The van der Waals surface area contributed by atoms with E-state index in [1.807, 2.05) is 31.2 Å². The van der Waals surface area contributed by atoms with Crippen molar-refractivity contribution < 1.29 is 9.47 Å². The van der Waals surface area contributed by atoms with Crippen LogP contribution in [-0.4, -0.2) is 19.3 Å². The Labute approximate surface area is 110 Å². The Bertz CT molecular complexity index is 339. The van der Waals surface area contributed by atoms with Crippen LogP contribution in [0.4, 0.5) is 0 Å². The summed E-state index contributed by atoms with van der Waals surface area (Å²) < 4.78 is 11.2. The number of hydrogen-bond acceptors (Lipinski definition) is 3. The second-order valence-corrected chi connectivity index (χ2v) is 4.78. The van der Waals surface area contributed by atoms with Crippen molar-refractivity contribution in [3.63, 3.8) is 0 Å². The Morgan fingerprint density at radius 3 is 2.28 bits per heavy atom. The fraction of sp³-hybridized carbons (Fsp3) is 0.600. The smallest absolute Gasteiger partial charge is 0.161 e. The van der Waals surface area contributed by atoms with E-state index in [1.54, 1.807) is 0 Å². The normalized spacial score (nSPS) is 12.5. The SMILES string of the molecule is CCOc1ccccc1OCCCC(N)C(C)C. The molecule has 1 atom stereocenters. The zero-order valence-electron chi connectivity index (χ0n) is 11.7. The van der Waals surface area contributed by atoms with E-state index in [9.17, 15) is 0 Å². The molecule has 2 N–H and O–H groups in total. The summed E-state index contributed by atoms with van der Waals surface area (Å²) in [4.78, 5) is 0. The first kappa shape index (κ1) is 14.8. The molecule has 0 fully saturated rings. The van der Waals surface area contributed by atoms with Gasteiger partial charge in [0.2, 0.25) is 0 Å². The van der Waals surface area contributed by atoms with Crippen molar-refractivity contribution in [2.24, 2.45) is 11.7 Å². The summed E-state index contributed by atoms with van der Waals surface area (Å²) in [5, 5.41) is 0. The summed E-state index contributed by atoms with van der Waals surface area (Å²) in [5.74, 6) is 2.16. The zero-order valence-corrected chi connectivity index (χ0v) is 11.7. The molecule has 18 heavy (non-hydrogen) atoms. The van der Waals surface area contributed by atoms with Gasteiger partial charge in [0.1, 0.15) is 0 Å². The first-order valence-electron chi connectivity index (χ1n) is 6.75. The van der Waals surface area contributed by atoms with Crippen LogP contribution in [0.5, 0.6) is 11.5 Å². The van der Waals surface area contributed by atoms with E-state index >= 15 is 0 Å². The minimum Gasteiger partial charge on any atom is -0.490 e. The maximum Gasteiger partial charge on any atom is 0.161 e. The summed E-state index contributed by atoms with van der Waals surface area (Å²) in [5.41, 5.74) is 5.99. The molecule has 1 rings (SSSR count). The Morgan fingerprint density at radius 1 is 1.11 bits per heavy atom. The number of hydrogen-bond donors (Lipinski definition) is 1. The number of ether oxygens (including phenoxy) is 2. The van der Waals surface area contributed by atoms with E-state index in [4.69, 9.17) is 15.2 Å². The molecule has 0 saturated carbocycles. The Morgan fingerprint density at radius 2 is 1.72 bits per heavy atom. The zero-order chi connectivity index (χ0) is 13.4. The highest BCUT2D eigenvalue weighted by atomic mass is 16.5. The van der Waals surface area contributed by atoms with Crippen molar-refractivity contribution in [2.45, 2.75) is 39.7 Å². The van der Waals surface area contributed by atoms with E-state index < -0.39 is 0 Å². The molecular formula is C15H25NO2. The van der Waals surface area contributed by atoms with Crippen LogP contribution >= 0.6 is 0 Å². The summed E-state index contributed by atoms with van der Waals surface area (Å²) in [6, 6.07) is 8.03. The van der Waals surface area contributed by atoms with E-state index in [0.29, 0.717) is 19.1 Å². The van der Waals surface area contributed by atoms with E-state index in [1.165, 1.54) is 0 Å². The molecule has 3 nitrogen and oxygen atoms in total. The molecule has 3 heteroatoms. The second kappa shape index (κ2) is 7.98. The lowest BCUT2D eigenvalue weighted by Crippen LogP contribution is -2.26. The summed E-state index contributed by atoms with van der Waals surface area (Å²) >= 11 is 0. The standard InChI is InChI=1S/C15H25NO2/c1-4-17-14-9-5-6-10-15(14)18-11-7-8-13(16)12(2)3/h5-6,9-10,12-13H,4,7-8,11,16H2,1-3H3. The van der Waals surface area contributed by atoms with Crippen molar-refractivity contribution in [1.29, 1.82) is 0 Å². The van der Waals surface area contributed by atoms with Crippen LogP contribution in [0.15, 0.2) is 24.3 Å². The van der Waals surface area contributed by atoms with Crippen molar-refractivity contribution in [3.05, 3.63) is 24.3 Å². The van der Waals surface area contributed by atoms with Crippen LogP contribution in [0.3, 0.4) is 0 Å². The molecule has 0 aromatic heterocycles. The predicted molar refractivity (Wildman–Crippen MR) is 75.2 cm³/mol. The van der Waals surface area contributed by atoms with Gasteiger partial charge in [0.25, 0.3) is 0 Å². The molecule has 0 aliphatic heterocycles. The highest BCUT2D eigenvalue weighted by molar-refractivity contribution is 5.39. The Kier molecular flexibility index (Phi) is 6.58. The molecular weight excluding hydrogens is 226 g/mol. The lowest BCUT2D eigenvalue weighted by atomic mass is 10.0. The molecule has 102 valence electrons. The molecule has 1 unspecified atom stereocenters. The monoisotopic (exact) mass is 251 g/mol. The third kappa shape index (κ3) is 4.96. The van der Waals surface area contributed by atoms with Gasteiger partial charge in [-0.25, -0.2) is 0 Å². The Hall–Kier alpha value is -1.22. The van der Waals surface area contributed by atoms with Gasteiger partial charge < -0.3 is 15.2 Å². The van der Waals surface area contributed by atoms with Gasteiger partial charge in [-0.2, -0.15) is 0 Å². The van der Waals surface area contributed by atoms with Gasteiger partial charge in [0.05, 0.1) is 13.2 Å². The first-order chi connectivity index (χ1) is 8.65. The summed E-state index contributed by atoms with van der Waals surface area (Å²) in [6.07, 6.45) is 1.97. The van der Waals surface area contributed by atoms with Crippen LogP contribution in [0.2, 0.25) is 0 Å². The summed E-state index contributed by atoms with van der Waals surface area (Å²) in [6.45, 7) is 7.60. The van der Waals surface area contributed by atoms with Gasteiger partial charge in [-0.05, 0) is 37.8 Å². The topological polar surface area (TPSA) is 44.5 Å². The number of rotatable bonds is 8. The van der Waals surface area contributed by atoms with Gasteiger partial charge in [-0.3, -0.25) is 0 Å². The van der Waals surface area contributed by atoms with E-state index in [2.05, 4.69) is 13.8 Å². The quantitative estimate of drug-likeness (QED) is 0.721. The largest absolute Gasteiger partial charge is 0.490 e. The van der Waals surface area contributed by atoms with Gasteiger partial charge in [0, 0.05) is 6.04 Å². The van der Waals surface area contributed by atoms with Gasteiger partial charge in [0.15, 0.2) is 11.5 Å². The molecule has 0 radical (unpaired) electrons. The van der Waals surface area contributed by atoms with Crippen molar-refractivity contribution in [1.82, 2.24) is 0 Å². The average Bonchev–Trinajstić information content (AvgIpc) is 2.36. The molecule has 0 aliphatic carbocycles. The van der Waals surface area contributed by atoms with Gasteiger partial charge >= 0.3 is 0 Å². The molecule has 0 heterocycles. The lowest BCUT2D eigenvalue weighted by Gasteiger charge is -2.16. The van der Waals surface area contributed by atoms with Crippen molar-refractivity contribution in [3.8, 4) is 11.5 Å². The van der Waals surface area contributed by atoms with Crippen LogP contribution in [0, 0.1) is 5.92 Å². The maximum atomic E-state index is 5.99. The van der Waals surface area contributed by atoms with Gasteiger partial charge in [-0.1, -0.05) is 26.0 Å². The summed E-state index contributed by atoms with van der Waals surface area (Å²) in [7, 11) is 0. The minimum atomic E-state index is 0.260.